The van der Waals surface area contributed by atoms with E-state index in [1.807, 2.05) is 47.0 Å². The largest absolute Gasteiger partial charge is 0.338 e. The minimum atomic E-state index is -0.0881. The molecule has 3 fully saturated rings. The highest BCUT2D eigenvalue weighted by atomic mass is 32.2. The van der Waals surface area contributed by atoms with Crippen LogP contribution in [0.1, 0.15) is 48.9 Å². The van der Waals surface area contributed by atoms with Crippen molar-refractivity contribution in [3.63, 3.8) is 0 Å². The lowest BCUT2D eigenvalue weighted by molar-refractivity contribution is -0.138. The predicted molar refractivity (Wildman–Crippen MR) is 118 cm³/mol. The molecule has 1 spiro atoms. The molecular formula is C24H28N2O2S. The van der Waals surface area contributed by atoms with E-state index in [2.05, 4.69) is 17.0 Å². The average Bonchev–Trinajstić information content (AvgIpc) is 3.44. The van der Waals surface area contributed by atoms with Gasteiger partial charge in [-0.1, -0.05) is 49.2 Å². The quantitative estimate of drug-likeness (QED) is 0.733. The second-order valence-electron chi connectivity index (χ2n) is 8.58. The van der Waals surface area contributed by atoms with Gasteiger partial charge in [-0.3, -0.25) is 9.59 Å². The monoisotopic (exact) mass is 408 g/mol. The zero-order chi connectivity index (χ0) is 19.8. The molecular weight excluding hydrogens is 380 g/mol. The number of carbonyl (C=O) groups is 2. The fourth-order valence-corrected chi connectivity index (χ4v) is 6.83. The topological polar surface area (TPSA) is 40.6 Å². The number of thioether (sulfide) groups is 1. The van der Waals surface area contributed by atoms with Crippen molar-refractivity contribution >= 4 is 34.3 Å². The van der Waals surface area contributed by atoms with Gasteiger partial charge in [-0.25, -0.2) is 0 Å². The summed E-state index contributed by atoms with van der Waals surface area (Å²) >= 11 is 1.94. The molecule has 0 atom stereocenters. The van der Waals surface area contributed by atoms with E-state index in [-0.39, 0.29) is 16.7 Å². The van der Waals surface area contributed by atoms with Crippen LogP contribution in [0.25, 0.3) is 10.8 Å². The zero-order valence-electron chi connectivity index (χ0n) is 16.8. The summed E-state index contributed by atoms with van der Waals surface area (Å²) in [7, 11) is 0. The Morgan fingerprint density at radius 3 is 2.45 bits per heavy atom. The van der Waals surface area contributed by atoms with Crippen LogP contribution in [0, 0.1) is 5.92 Å². The van der Waals surface area contributed by atoms with Gasteiger partial charge in [0.1, 0.15) is 0 Å². The molecule has 0 N–H and O–H groups in total. The molecule has 152 valence electrons. The molecule has 5 heteroatoms. The van der Waals surface area contributed by atoms with Gasteiger partial charge in [-0.2, -0.15) is 0 Å². The Morgan fingerprint density at radius 1 is 0.931 bits per heavy atom. The van der Waals surface area contributed by atoms with Crippen LogP contribution in [-0.4, -0.2) is 51.9 Å². The third-order valence-corrected chi connectivity index (χ3v) is 8.55. The normalized spacial score (nSPS) is 21.9. The third-order valence-electron chi connectivity index (χ3n) is 7.00. The van der Waals surface area contributed by atoms with Crippen molar-refractivity contribution in [2.75, 3.05) is 25.4 Å². The van der Waals surface area contributed by atoms with Crippen molar-refractivity contribution in [2.45, 2.75) is 43.4 Å². The molecule has 2 saturated heterocycles. The minimum Gasteiger partial charge on any atom is -0.338 e. The van der Waals surface area contributed by atoms with Crippen molar-refractivity contribution in [2.24, 2.45) is 5.92 Å². The Hall–Kier alpha value is -2.01. The highest BCUT2D eigenvalue weighted by Gasteiger charge is 2.48. The lowest BCUT2D eigenvalue weighted by Crippen LogP contribution is -2.54. The first-order valence-corrected chi connectivity index (χ1v) is 11.9. The average molecular weight is 409 g/mol. The molecule has 3 aliphatic rings. The van der Waals surface area contributed by atoms with Gasteiger partial charge in [-0.05, 0) is 42.5 Å². The third kappa shape index (κ3) is 3.33. The van der Waals surface area contributed by atoms with Crippen LogP contribution in [0.2, 0.25) is 0 Å². The summed E-state index contributed by atoms with van der Waals surface area (Å²) in [5.41, 5.74) is 0.789. The Bertz CT molecular complexity index is 924. The molecule has 0 aromatic heterocycles. The first kappa shape index (κ1) is 19.0. The van der Waals surface area contributed by atoms with E-state index < -0.39 is 0 Å². The lowest BCUT2D eigenvalue weighted by Gasteiger charge is -2.44. The van der Waals surface area contributed by atoms with Crippen LogP contribution in [0.5, 0.6) is 0 Å². The van der Waals surface area contributed by atoms with Gasteiger partial charge in [-0.15, -0.1) is 11.8 Å². The lowest BCUT2D eigenvalue weighted by atomic mass is 9.97. The van der Waals surface area contributed by atoms with E-state index in [4.69, 9.17) is 0 Å². The summed E-state index contributed by atoms with van der Waals surface area (Å²) in [6.45, 7) is 2.32. The number of hydrogen-bond donors (Lipinski definition) is 0. The highest BCUT2D eigenvalue weighted by molar-refractivity contribution is 8.00. The molecule has 0 unspecified atom stereocenters. The molecule has 5 rings (SSSR count). The van der Waals surface area contributed by atoms with E-state index in [1.165, 1.54) is 12.8 Å². The molecule has 1 aliphatic carbocycles. The highest BCUT2D eigenvalue weighted by Crippen LogP contribution is 2.45. The fourth-order valence-electron chi connectivity index (χ4n) is 5.37. The van der Waals surface area contributed by atoms with Gasteiger partial charge in [0.05, 0.1) is 4.87 Å². The van der Waals surface area contributed by atoms with Crippen LogP contribution < -0.4 is 0 Å². The summed E-state index contributed by atoms with van der Waals surface area (Å²) in [6, 6.07) is 14.0. The summed E-state index contributed by atoms with van der Waals surface area (Å²) in [5.74, 6) is 1.76. The summed E-state index contributed by atoms with van der Waals surface area (Å²) in [6.07, 6.45) is 6.26. The van der Waals surface area contributed by atoms with Crippen LogP contribution >= 0.6 is 11.8 Å². The number of hydrogen-bond acceptors (Lipinski definition) is 3. The first-order valence-electron chi connectivity index (χ1n) is 10.9. The van der Waals surface area contributed by atoms with E-state index in [9.17, 15) is 9.59 Å². The summed E-state index contributed by atoms with van der Waals surface area (Å²) in [5, 5.41) is 2.13. The maximum atomic E-state index is 13.3. The Labute approximate surface area is 176 Å². The van der Waals surface area contributed by atoms with Crippen molar-refractivity contribution in [3.8, 4) is 0 Å². The molecule has 29 heavy (non-hydrogen) atoms. The van der Waals surface area contributed by atoms with Crippen LogP contribution in [-0.2, 0) is 4.79 Å². The second kappa shape index (κ2) is 7.67. The molecule has 2 aromatic rings. The number of likely N-dealkylation sites (tertiary alicyclic amines) is 1. The summed E-state index contributed by atoms with van der Waals surface area (Å²) in [4.78, 5) is 30.5. The summed E-state index contributed by atoms with van der Waals surface area (Å²) < 4.78 is 0. The van der Waals surface area contributed by atoms with Gasteiger partial charge in [0.15, 0.2) is 0 Å². The van der Waals surface area contributed by atoms with Crippen molar-refractivity contribution < 1.29 is 9.59 Å². The molecule has 0 radical (unpaired) electrons. The number of fused-ring (bicyclic) bond motifs is 1. The number of piperidine rings is 1. The van der Waals surface area contributed by atoms with Crippen LogP contribution in [0.4, 0.5) is 0 Å². The molecule has 2 aliphatic heterocycles. The molecule has 0 bridgehead atoms. The van der Waals surface area contributed by atoms with Gasteiger partial charge >= 0.3 is 0 Å². The molecule has 2 heterocycles. The standard InChI is InChI=1S/C24H28N2O2S/c27-22(19-7-1-2-8-19)26-16-17-29-24(26)12-14-25(15-13-24)23(28)21-11-5-9-18-6-3-4-10-20(18)21/h3-6,9-11,19H,1-2,7-8,12-17H2. The maximum Gasteiger partial charge on any atom is 0.254 e. The smallest absolute Gasteiger partial charge is 0.254 e. The molecule has 2 amide bonds. The number of rotatable bonds is 2. The molecule has 2 aromatic carbocycles. The Morgan fingerprint density at radius 2 is 1.66 bits per heavy atom. The van der Waals surface area contributed by atoms with Crippen molar-refractivity contribution in [1.82, 2.24) is 9.80 Å². The fraction of sp³-hybridized carbons (Fsp3) is 0.500. The minimum absolute atomic E-state index is 0.0881. The van der Waals surface area contributed by atoms with Crippen LogP contribution in [0.15, 0.2) is 42.5 Å². The van der Waals surface area contributed by atoms with E-state index >= 15 is 0 Å². The van der Waals surface area contributed by atoms with E-state index in [0.29, 0.717) is 5.91 Å². The van der Waals surface area contributed by atoms with Crippen molar-refractivity contribution in [3.05, 3.63) is 48.0 Å². The van der Waals surface area contributed by atoms with Gasteiger partial charge in [0.2, 0.25) is 5.91 Å². The second-order valence-corrected chi connectivity index (χ2v) is 10.0. The number of amides is 2. The van der Waals surface area contributed by atoms with Crippen molar-refractivity contribution in [1.29, 1.82) is 0 Å². The first-order chi connectivity index (χ1) is 14.2. The van der Waals surface area contributed by atoms with Gasteiger partial charge in [0.25, 0.3) is 5.91 Å². The van der Waals surface area contributed by atoms with Gasteiger partial charge in [0, 0.05) is 36.9 Å². The Balaban J connectivity index is 1.32. The maximum absolute atomic E-state index is 13.3. The zero-order valence-corrected chi connectivity index (χ0v) is 17.6. The predicted octanol–water partition coefficient (Wildman–Crippen LogP) is 4.54. The number of benzene rings is 2. The van der Waals surface area contributed by atoms with E-state index in [1.54, 1.807) is 0 Å². The molecule has 1 saturated carbocycles. The molecule has 4 nitrogen and oxygen atoms in total. The van der Waals surface area contributed by atoms with Crippen LogP contribution in [0.3, 0.4) is 0 Å². The van der Waals surface area contributed by atoms with Gasteiger partial charge < -0.3 is 9.80 Å². The number of nitrogens with zero attached hydrogens (tertiary/aromatic N) is 2. The number of carbonyl (C=O) groups excluding carboxylic acids is 2. The van der Waals surface area contributed by atoms with E-state index in [0.717, 1.165) is 67.4 Å². The Kier molecular flexibility index (Phi) is 5.02. The SMILES string of the molecule is O=C(c1cccc2ccccc12)N1CCC2(CC1)SCCN2C(=O)C1CCCC1.